The second kappa shape index (κ2) is 7.21. The highest BCUT2D eigenvalue weighted by atomic mass is 16.5. The van der Waals surface area contributed by atoms with Crippen molar-refractivity contribution in [3.05, 3.63) is 48.2 Å². The molecule has 0 aliphatic carbocycles. The summed E-state index contributed by atoms with van der Waals surface area (Å²) in [5.74, 6) is 1.26. The van der Waals surface area contributed by atoms with Gasteiger partial charge in [-0.3, -0.25) is 0 Å². The van der Waals surface area contributed by atoms with Crippen LogP contribution in [-0.2, 0) is 4.74 Å². The van der Waals surface area contributed by atoms with E-state index >= 15 is 0 Å². The van der Waals surface area contributed by atoms with Crippen molar-refractivity contribution in [2.24, 2.45) is 0 Å². The summed E-state index contributed by atoms with van der Waals surface area (Å²) in [4.78, 5) is 11.0. The number of methoxy groups -OCH3 is 1. The predicted octanol–water partition coefficient (Wildman–Crippen LogP) is 2.74. The largest absolute Gasteiger partial charge is 0.481 e. The van der Waals surface area contributed by atoms with Gasteiger partial charge >= 0.3 is 0 Å². The molecule has 6 heteroatoms. The van der Waals surface area contributed by atoms with Crippen molar-refractivity contribution in [1.29, 1.82) is 0 Å². The van der Waals surface area contributed by atoms with Crippen molar-refractivity contribution in [2.75, 3.05) is 25.1 Å². The third-order valence-electron chi connectivity index (χ3n) is 5.44. The summed E-state index contributed by atoms with van der Waals surface area (Å²) in [6.07, 6.45) is 4.42. The number of rotatable bonds is 3. The summed E-state index contributed by atoms with van der Waals surface area (Å²) in [6.45, 7) is 1.61. The summed E-state index contributed by atoms with van der Waals surface area (Å²) >= 11 is 0. The number of aromatic nitrogens is 2. The highest BCUT2D eigenvalue weighted by molar-refractivity contribution is 5.33. The Morgan fingerprint density at radius 3 is 2.69 bits per heavy atom. The Labute approximate surface area is 153 Å². The second-order valence-corrected chi connectivity index (χ2v) is 7.18. The first kappa shape index (κ1) is 17.2. The molecule has 2 aromatic rings. The van der Waals surface area contributed by atoms with E-state index < -0.39 is 0 Å². The number of aliphatic hydroxyl groups is 1. The van der Waals surface area contributed by atoms with Crippen LogP contribution in [0.25, 0.3) is 0 Å². The highest BCUT2D eigenvalue weighted by Gasteiger charge is 2.44. The molecule has 0 amide bonds. The number of aliphatic hydroxyl groups excluding tert-OH is 1. The normalized spacial score (nSPS) is 25.2. The van der Waals surface area contributed by atoms with Crippen LogP contribution in [0.2, 0.25) is 0 Å². The maximum absolute atomic E-state index is 10.5. The SMILES string of the molecule is COc1ccnc(N2CCC3(CC2)C[C@@H](O)C[C@H](c2ccccc2)O3)n1. The number of anilines is 1. The molecule has 1 N–H and O–H groups in total. The molecule has 138 valence electrons. The fourth-order valence-electron chi connectivity index (χ4n) is 4.06. The van der Waals surface area contributed by atoms with E-state index in [0.29, 0.717) is 24.7 Å². The van der Waals surface area contributed by atoms with Gasteiger partial charge in [-0.25, -0.2) is 4.98 Å². The zero-order valence-corrected chi connectivity index (χ0v) is 15.0. The van der Waals surface area contributed by atoms with Gasteiger partial charge in [0.2, 0.25) is 11.8 Å². The van der Waals surface area contributed by atoms with E-state index in [1.165, 1.54) is 0 Å². The lowest BCUT2D eigenvalue weighted by molar-refractivity contribution is -0.173. The van der Waals surface area contributed by atoms with Crippen LogP contribution >= 0.6 is 0 Å². The molecule has 3 heterocycles. The molecule has 1 aromatic heterocycles. The van der Waals surface area contributed by atoms with Crippen molar-refractivity contribution in [3.63, 3.8) is 0 Å². The van der Waals surface area contributed by atoms with Gasteiger partial charge in [-0.05, 0) is 18.4 Å². The summed E-state index contributed by atoms with van der Waals surface area (Å²) in [5.41, 5.74) is 0.872. The van der Waals surface area contributed by atoms with Gasteiger partial charge in [-0.1, -0.05) is 30.3 Å². The molecule has 2 saturated heterocycles. The molecule has 0 bridgehead atoms. The van der Waals surface area contributed by atoms with Gasteiger partial charge in [0.1, 0.15) is 0 Å². The summed E-state index contributed by atoms with van der Waals surface area (Å²) < 4.78 is 11.7. The van der Waals surface area contributed by atoms with Crippen molar-refractivity contribution < 1.29 is 14.6 Å². The van der Waals surface area contributed by atoms with Crippen LogP contribution in [0, 0.1) is 0 Å². The molecule has 0 radical (unpaired) electrons. The third kappa shape index (κ3) is 3.52. The van der Waals surface area contributed by atoms with E-state index in [4.69, 9.17) is 9.47 Å². The van der Waals surface area contributed by atoms with E-state index in [2.05, 4.69) is 27.0 Å². The van der Waals surface area contributed by atoms with Crippen LogP contribution in [0.4, 0.5) is 5.95 Å². The number of hydrogen-bond donors (Lipinski definition) is 1. The fourth-order valence-corrected chi connectivity index (χ4v) is 4.06. The van der Waals surface area contributed by atoms with Gasteiger partial charge in [-0.2, -0.15) is 4.98 Å². The van der Waals surface area contributed by atoms with Crippen molar-refractivity contribution in [3.8, 4) is 5.88 Å². The number of piperidine rings is 1. The summed E-state index contributed by atoms with van der Waals surface area (Å²) in [6, 6.07) is 12.0. The number of ether oxygens (including phenoxy) is 2. The molecule has 1 spiro atoms. The molecule has 1 aromatic carbocycles. The van der Waals surface area contributed by atoms with E-state index in [0.717, 1.165) is 31.5 Å². The second-order valence-electron chi connectivity index (χ2n) is 7.18. The minimum atomic E-state index is -0.325. The lowest BCUT2D eigenvalue weighted by Crippen LogP contribution is -2.51. The van der Waals surface area contributed by atoms with Gasteiger partial charge in [0.15, 0.2) is 0 Å². The minimum Gasteiger partial charge on any atom is -0.481 e. The Morgan fingerprint density at radius 1 is 1.19 bits per heavy atom. The molecule has 2 aliphatic heterocycles. The topological polar surface area (TPSA) is 67.7 Å². The predicted molar refractivity (Wildman–Crippen MR) is 98.3 cm³/mol. The van der Waals surface area contributed by atoms with Gasteiger partial charge in [0.05, 0.1) is 24.9 Å². The van der Waals surface area contributed by atoms with Crippen LogP contribution in [0.15, 0.2) is 42.6 Å². The van der Waals surface area contributed by atoms with Gasteiger partial charge in [-0.15, -0.1) is 0 Å². The third-order valence-corrected chi connectivity index (χ3v) is 5.44. The molecule has 4 rings (SSSR count). The Bertz CT molecular complexity index is 732. The monoisotopic (exact) mass is 355 g/mol. The highest BCUT2D eigenvalue weighted by Crippen LogP contribution is 2.43. The first-order valence-corrected chi connectivity index (χ1v) is 9.20. The molecule has 2 atom stereocenters. The Balaban J connectivity index is 1.46. The summed E-state index contributed by atoms with van der Waals surface area (Å²) in [7, 11) is 1.61. The molecule has 6 nitrogen and oxygen atoms in total. The maximum atomic E-state index is 10.5. The lowest BCUT2D eigenvalue weighted by atomic mass is 9.81. The van der Waals surface area contributed by atoms with E-state index in [9.17, 15) is 5.11 Å². The van der Waals surface area contributed by atoms with E-state index in [1.807, 2.05) is 18.2 Å². The first-order valence-electron chi connectivity index (χ1n) is 9.20. The van der Waals surface area contributed by atoms with Crippen LogP contribution in [0.3, 0.4) is 0 Å². The smallest absolute Gasteiger partial charge is 0.228 e. The van der Waals surface area contributed by atoms with Crippen LogP contribution < -0.4 is 9.64 Å². The van der Waals surface area contributed by atoms with Crippen molar-refractivity contribution in [2.45, 2.75) is 43.5 Å². The van der Waals surface area contributed by atoms with Gasteiger partial charge in [0.25, 0.3) is 0 Å². The molecular weight excluding hydrogens is 330 g/mol. The Hall–Kier alpha value is -2.18. The average molecular weight is 355 g/mol. The van der Waals surface area contributed by atoms with Crippen LogP contribution in [-0.4, -0.2) is 47.0 Å². The quantitative estimate of drug-likeness (QED) is 0.913. The first-order chi connectivity index (χ1) is 12.7. The maximum Gasteiger partial charge on any atom is 0.228 e. The molecule has 2 fully saturated rings. The molecule has 2 aliphatic rings. The molecule has 0 saturated carbocycles. The lowest BCUT2D eigenvalue weighted by Gasteiger charge is -2.48. The molecular formula is C20H25N3O3. The van der Waals surface area contributed by atoms with Crippen LogP contribution in [0.1, 0.15) is 37.4 Å². The van der Waals surface area contributed by atoms with Crippen molar-refractivity contribution >= 4 is 5.95 Å². The number of benzene rings is 1. The zero-order valence-electron chi connectivity index (χ0n) is 15.0. The fraction of sp³-hybridized carbons (Fsp3) is 0.500. The summed E-state index contributed by atoms with van der Waals surface area (Å²) in [5, 5.41) is 10.5. The Morgan fingerprint density at radius 2 is 1.96 bits per heavy atom. The van der Waals surface area contributed by atoms with Crippen molar-refractivity contribution in [1.82, 2.24) is 9.97 Å². The van der Waals surface area contributed by atoms with E-state index in [-0.39, 0.29) is 17.8 Å². The standard InChI is InChI=1S/C20H25N3O3/c1-25-18-7-10-21-19(22-18)23-11-8-20(9-12-23)14-16(24)13-17(26-20)15-5-3-2-4-6-15/h2-7,10,16-17,24H,8-9,11-14H2,1H3/t16-,17+/m0/s1. The number of hydrogen-bond acceptors (Lipinski definition) is 6. The zero-order chi connectivity index (χ0) is 18.0. The van der Waals surface area contributed by atoms with Gasteiger partial charge in [0, 0.05) is 38.2 Å². The minimum absolute atomic E-state index is 0.0421. The van der Waals surface area contributed by atoms with Crippen LogP contribution in [0.5, 0.6) is 5.88 Å². The average Bonchev–Trinajstić information content (AvgIpc) is 2.69. The van der Waals surface area contributed by atoms with E-state index in [1.54, 1.807) is 19.4 Å². The number of nitrogens with zero attached hydrogens (tertiary/aromatic N) is 3. The molecule has 0 unspecified atom stereocenters. The van der Waals surface area contributed by atoms with Gasteiger partial charge < -0.3 is 19.5 Å². The molecule has 26 heavy (non-hydrogen) atoms. The Kier molecular flexibility index (Phi) is 4.78.